The lowest BCUT2D eigenvalue weighted by Gasteiger charge is -2.32. The van der Waals surface area contributed by atoms with E-state index < -0.39 is 11.7 Å². The number of benzene rings is 2. The van der Waals surface area contributed by atoms with Crippen molar-refractivity contribution in [2.75, 3.05) is 39.3 Å². The maximum Gasteiger partial charge on any atom is 0.287 e. The first kappa shape index (κ1) is 27.0. The van der Waals surface area contributed by atoms with E-state index in [0.29, 0.717) is 13.0 Å². The number of hydrogen-bond acceptors (Lipinski definition) is 6. The maximum absolute atomic E-state index is 13.5. The Labute approximate surface area is 227 Å². The zero-order chi connectivity index (χ0) is 27.2. The zero-order valence-electron chi connectivity index (χ0n) is 22.1. The number of halogens is 1. The predicted octanol–water partition coefficient (Wildman–Crippen LogP) is 3.08. The minimum Gasteiger partial charge on any atom is -0.451 e. The number of amides is 2. The van der Waals surface area contributed by atoms with Gasteiger partial charge in [0.2, 0.25) is 5.91 Å². The second kappa shape index (κ2) is 12.5. The molecular formula is C30H35FN4O4. The highest BCUT2D eigenvalue weighted by atomic mass is 19.1. The minimum absolute atomic E-state index is 0.0337. The summed E-state index contributed by atoms with van der Waals surface area (Å²) in [6.07, 6.45) is 4.44. The molecule has 0 saturated carbocycles. The van der Waals surface area contributed by atoms with Crippen molar-refractivity contribution in [1.82, 2.24) is 20.4 Å². The average molecular weight is 535 g/mol. The fourth-order valence-corrected chi connectivity index (χ4v) is 5.36. The largest absolute Gasteiger partial charge is 0.451 e. The standard InChI is InChI=1S/C30H35FN4O4/c31-23-7-8-25-26(36)19-28(39-27(25)18-23)30(38)33-24-9-14-35(15-10-24)20-22-5-3-21(4-6-22)17-29(37)32-11-16-34-12-1-2-13-34/h3-8,18-19,24H,1-2,9-17,20H2,(H,32,37)(H,33,38). The van der Waals surface area contributed by atoms with Crippen LogP contribution >= 0.6 is 0 Å². The first-order chi connectivity index (χ1) is 18.9. The molecule has 2 aliphatic heterocycles. The Balaban J connectivity index is 1.05. The van der Waals surface area contributed by atoms with E-state index in [1.165, 1.54) is 30.5 Å². The number of likely N-dealkylation sites (tertiary alicyclic amines) is 2. The summed E-state index contributed by atoms with van der Waals surface area (Å²) in [7, 11) is 0. The molecule has 2 aromatic carbocycles. The molecule has 0 aliphatic carbocycles. The molecule has 0 spiro atoms. The van der Waals surface area contributed by atoms with Crippen LogP contribution in [0.5, 0.6) is 0 Å². The van der Waals surface area contributed by atoms with Gasteiger partial charge < -0.3 is 20.0 Å². The van der Waals surface area contributed by atoms with Crippen LogP contribution in [0.15, 0.2) is 57.7 Å². The van der Waals surface area contributed by atoms with Crippen molar-refractivity contribution in [3.63, 3.8) is 0 Å². The molecule has 0 radical (unpaired) electrons. The van der Waals surface area contributed by atoms with Crippen molar-refractivity contribution < 1.29 is 18.4 Å². The van der Waals surface area contributed by atoms with Crippen LogP contribution in [0.1, 0.15) is 47.4 Å². The van der Waals surface area contributed by atoms with E-state index in [-0.39, 0.29) is 34.1 Å². The normalized spacial score (nSPS) is 16.9. The van der Waals surface area contributed by atoms with Gasteiger partial charge in [0, 0.05) is 50.9 Å². The van der Waals surface area contributed by atoms with Gasteiger partial charge in [-0.25, -0.2) is 4.39 Å². The van der Waals surface area contributed by atoms with Gasteiger partial charge in [-0.15, -0.1) is 0 Å². The second-order valence-corrected chi connectivity index (χ2v) is 10.5. The number of carbonyl (C=O) groups excluding carboxylic acids is 2. The highest BCUT2D eigenvalue weighted by molar-refractivity contribution is 5.93. The Morgan fingerprint density at radius 1 is 0.923 bits per heavy atom. The molecule has 2 saturated heterocycles. The van der Waals surface area contributed by atoms with Gasteiger partial charge in [0.05, 0.1) is 11.8 Å². The van der Waals surface area contributed by atoms with Crippen LogP contribution < -0.4 is 16.1 Å². The second-order valence-electron chi connectivity index (χ2n) is 10.5. The lowest BCUT2D eigenvalue weighted by atomic mass is 10.0. The van der Waals surface area contributed by atoms with Gasteiger partial charge >= 0.3 is 0 Å². The van der Waals surface area contributed by atoms with Crippen LogP contribution in [-0.2, 0) is 17.8 Å². The number of fused-ring (bicyclic) bond motifs is 1. The third kappa shape index (κ3) is 7.30. The number of hydrogen-bond donors (Lipinski definition) is 2. The van der Waals surface area contributed by atoms with Crippen molar-refractivity contribution in [3.05, 3.63) is 81.5 Å². The van der Waals surface area contributed by atoms with Crippen molar-refractivity contribution >= 4 is 22.8 Å². The molecule has 8 nitrogen and oxygen atoms in total. The highest BCUT2D eigenvalue weighted by Crippen LogP contribution is 2.17. The summed E-state index contributed by atoms with van der Waals surface area (Å²) < 4.78 is 19.0. The van der Waals surface area contributed by atoms with Crippen LogP contribution in [-0.4, -0.2) is 66.9 Å². The number of piperidine rings is 1. The van der Waals surface area contributed by atoms with Crippen LogP contribution in [0.4, 0.5) is 4.39 Å². The molecule has 1 aromatic heterocycles. The van der Waals surface area contributed by atoms with Gasteiger partial charge in [-0.05, 0) is 62.0 Å². The number of nitrogens with zero attached hydrogens (tertiary/aromatic N) is 2. The molecule has 206 valence electrons. The Morgan fingerprint density at radius 3 is 2.38 bits per heavy atom. The van der Waals surface area contributed by atoms with E-state index >= 15 is 0 Å². The molecule has 3 heterocycles. The Hall–Kier alpha value is -3.56. The third-order valence-corrected chi connectivity index (χ3v) is 7.58. The molecule has 5 rings (SSSR count). The molecule has 2 N–H and O–H groups in total. The lowest BCUT2D eigenvalue weighted by Crippen LogP contribution is -2.44. The van der Waals surface area contributed by atoms with Gasteiger partial charge in [-0.1, -0.05) is 24.3 Å². The van der Waals surface area contributed by atoms with E-state index in [2.05, 4.69) is 32.6 Å². The van der Waals surface area contributed by atoms with Crippen LogP contribution in [0, 0.1) is 5.82 Å². The summed E-state index contributed by atoms with van der Waals surface area (Å²) in [5.41, 5.74) is 1.87. The first-order valence-corrected chi connectivity index (χ1v) is 13.8. The van der Waals surface area contributed by atoms with Gasteiger partial charge in [0.25, 0.3) is 5.91 Å². The van der Waals surface area contributed by atoms with Crippen LogP contribution in [0.25, 0.3) is 11.0 Å². The predicted molar refractivity (Wildman–Crippen MR) is 147 cm³/mol. The monoisotopic (exact) mass is 534 g/mol. The van der Waals surface area contributed by atoms with E-state index in [0.717, 1.165) is 69.8 Å². The van der Waals surface area contributed by atoms with Gasteiger partial charge in [-0.2, -0.15) is 0 Å². The van der Waals surface area contributed by atoms with E-state index in [9.17, 15) is 18.8 Å². The molecule has 0 atom stereocenters. The fourth-order valence-electron chi connectivity index (χ4n) is 5.36. The van der Waals surface area contributed by atoms with Crippen molar-refractivity contribution in [3.8, 4) is 0 Å². The first-order valence-electron chi connectivity index (χ1n) is 13.8. The summed E-state index contributed by atoms with van der Waals surface area (Å²) >= 11 is 0. The summed E-state index contributed by atoms with van der Waals surface area (Å²) in [4.78, 5) is 42.0. The lowest BCUT2D eigenvalue weighted by molar-refractivity contribution is -0.120. The highest BCUT2D eigenvalue weighted by Gasteiger charge is 2.23. The topological polar surface area (TPSA) is 94.9 Å². The molecule has 39 heavy (non-hydrogen) atoms. The number of nitrogens with one attached hydrogen (secondary N) is 2. The molecule has 3 aromatic rings. The van der Waals surface area contributed by atoms with Gasteiger partial charge in [0.1, 0.15) is 11.4 Å². The summed E-state index contributed by atoms with van der Waals surface area (Å²) in [6, 6.07) is 13.0. The van der Waals surface area contributed by atoms with E-state index in [1.54, 1.807) is 0 Å². The van der Waals surface area contributed by atoms with Crippen molar-refractivity contribution in [1.29, 1.82) is 0 Å². The van der Waals surface area contributed by atoms with E-state index in [4.69, 9.17) is 4.42 Å². The average Bonchev–Trinajstić information content (AvgIpc) is 3.44. The summed E-state index contributed by atoms with van der Waals surface area (Å²) in [6.45, 7) is 6.33. The van der Waals surface area contributed by atoms with E-state index in [1.807, 2.05) is 12.1 Å². The maximum atomic E-state index is 13.5. The Morgan fingerprint density at radius 2 is 1.64 bits per heavy atom. The molecule has 2 aliphatic rings. The quantitative estimate of drug-likeness (QED) is 0.438. The molecule has 2 fully saturated rings. The minimum atomic E-state index is -0.529. The zero-order valence-corrected chi connectivity index (χ0v) is 22.1. The van der Waals surface area contributed by atoms with Gasteiger partial charge in [-0.3, -0.25) is 19.3 Å². The molecule has 9 heteroatoms. The molecule has 0 bridgehead atoms. The SMILES string of the molecule is O=C(Cc1ccc(CN2CCC(NC(=O)c3cc(=O)c4ccc(F)cc4o3)CC2)cc1)NCCN1CCCC1. The van der Waals surface area contributed by atoms with Crippen molar-refractivity contribution in [2.45, 2.75) is 44.7 Å². The van der Waals surface area contributed by atoms with Crippen LogP contribution in [0.3, 0.4) is 0 Å². The molecular weight excluding hydrogens is 499 g/mol. The molecule has 0 unspecified atom stereocenters. The Kier molecular flexibility index (Phi) is 8.68. The summed E-state index contributed by atoms with van der Waals surface area (Å²) in [5, 5.41) is 6.21. The van der Waals surface area contributed by atoms with Crippen LogP contribution in [0.2, 0.25) is 0 Å². The van der Waals surface area contributed by atoms with Gasteiger partial charge in [0.15, 0.2) is 11.2 Å². The number of rotatable bonds is 9. The fraction of sp³-hybridized carbons (Fsp3) is 0.433. The third-order valence-electron chi connectivity index (χ3n) is 7.58. The summed E-state index contributed by atoms with van der Waals surface area (Å²) in [5.74, 6) is -1.05. The smallest absolute Gasteiger partial charge is 0.287 e. The molecule has 2 amide bonds. The van der Waals surface area contributed by atoms with Crippen molar-refractivity contribution in [2.24, 2.45) is 0 Å². The number of carbonyl (C=O) groups is 2. The Bertz CT molecular complexity index is 1360.